The molecule has 1 aromatic carbocycles. The molecule has 0 aromatic heterocycles. The summed E-state index contributed by atoms with van der Waals surface area (Å²) < 4.78 is 32.8. The van der Waals surface area contributed by atoms with E-state index in [-0.39, 0.29) is 35.4 Å². The predicted octanol–water partition coefficient (Wildman–Crippen LogP) is 1.25. The van der Waals surface area contributed by atoms with Gasteiger partial charge in [-0.2, -0.15) is 4.31 Å². The highest BCUT2D eigenvalue weighted by Gasteiger charge is 2.32. The lowest BCUT2D eigenvalue weighted by Crippen LogP contribution is -2.48. The Kier molecular flexibility index (Phi) is 8.99. The van der Waals surface area contributed by atoms with Crippen LogP contribution in [0.5, 0.6) is 0 Å². The molecule has 0 spiro atoms. The molecule has 0 saturated carbocycles. The average molecular weight is 406 g/mol. The molecule has 2 rings (SSSR count). The van der Waals surface area contributed by atoms with Crippen molar-refractivity contribution in [2.24, 2.45) is 0 Å². The molecule has 1 amide bonds. The van der Waals surface area contributed by atoms with Gasteiger partial charge in [-0.15, -0.1) is 12.4 Å². The second-order valence-corrected chi connectivity index (χ2v) is 8.15. The van der Waals surface area contributed by atoms with Crippen LogP contribution >= 0.6 is 12.4 Å². The van der Waals surface area contributed by atoms with Crippen LogP contribution in [0.25, 0.3) is 0 Å². The number of morpholine rings is 1. The van der Waals surface area contributed by atoms with Crippen LogP contribution in [-0.2, 0) is 14.8 Å². The standard InChI is InChI=1S/C17H27N3O4S.ClH/c1-4-18-8-9-19-17(21)15-6-5-7-16(10-15)25(22,23)20-11-13(2)24-14(3)12-20;/h5-7,10,13-14,18H,4,8-9,11-12H2,1-3H3,(H,19,21);1H. The maximum absolute atomic E-state index is 12.9. The number of nitrogens with one attached hydrogen (secondary N) is 2. The van der Waals surface area contributed by atoms with Crippen LogP contribution in [0.2, 0.25) is 0 Å². The van der Waals surface area contributed by atoms with Gasteiger partial charge in [0.1, 0.15) is 0 Å². The van der Waals surface area contributed by atoms with E-state index in [0.29, 0.717) is 31.7 Å². The molecule has 1 aliphatic rings. The summed E-state index contributed by atoms with van der Waals surface area (Å²) in [5.41, 5.74) is 0.340. The van der Waals surface area contributed by atoms with Gasteiger partial charge in [0.05, 0.1) is 17.1 Å². The van der Waals surface area contributed by atoms with Crippen LogP contribution in [0.4, 0.5) is 0 Å². The van der Waals surface area contributed by atoms with Crippen LogP contribution in [0, 0.1) is 0 Å². The largest absolute Gasteiger partial charge is 0.373 e. The maximum Gasteiger partial charge on any atom is 0.251 e. The van der Waals surface area contributed by atoms with Gasteiger partial charge in [-0.1, -0.05) is 13.0 Å². The first kappa shape index (κ1) is 22.9. The molecule has 1 fully saturated rings. The molecule has 0 aliphatic carbocycles. The van der Waals surface area contributed by atoms with E-state index in [0.717, 1.165) is 6.54 Å². The van der Waals surface area contributed by atoms with Gasteiger partial charge in [-0.05, 0) is 38.6 Å². The lowest BCUT2D eigenvalue weighted by atomic mass is 10.2. The summed E-state index contributed by atoms with van der Waals surface area (Å²) in [7, 11) is -3.65. The van der Waals surface area contributed by atoms with E-state index in [1.807, 2.05) is 20.8 Å². The number of likely N-dealkylation sites (N-methyl/N-ethyl adjacent to an activating group) is 1. The third-order valence-electron chi connectivity index (χ3n) is 3.96. The second-order valence-electron chi connectivity index (χ2n) is 6.22. The minimum atomic E-state index is -3.65. The van der Waals surface area contributed by atoms with E-state index < -0.39 is 10.0 Å². The lowest BCUT2D eigenvalue weighted by molar-refractivity contribution is -0.0440. The highest BCUT2D eigenvalue weighted by atomic mass is 35.5. The molecule has 7 nitrogen and oxygen atoms in total. The summed E-state index contributed by atoms with van der Waals surface area (Å²) in [6.45, 7) is 8.31. The number of halogens is 1. The van der Waals surface area contributed by atoms with Gasteiger partial charge in [-0.3, -0.25) is 4.79 Å². The zero-order valence-corrected chi connectivity index (χ0v) is 17.0. The second kappa shape index (κ2) is 10.2. The monoisotopic (exact) mass is 405 g/mol. The zero-order valence-electron chi connectivity index (χ0n) is 15.4. The molecule has 1 saturated heterocycles. The molecular formula is C17H28ClN3O4S. The van der Waals surface area contributed by atoms with Gasteiger partial charge in [0.25, 0.3) is 5.91 Å². The first-order valence-corrected chi connectivity index (χ1v) is 10.0. The quantitative estimate of drug-likeness (QED) is 0.666. The average Bonchev–Trinajstić information content (AvgIpc) is 2.58. The molecule has 2 atom stereocenters. The van der Waals surface area contributed by atoms with Crippen molar-refractivity contribution in [1.29, 1.82) is 0 Å². The Morgan fingerprint density at radius 2 is 1.88 bits per heavy atom. The van der Waals surface area contributed by atoms with Crippen molar-refractivity contribution in [3.8, 4) is 0 Å². The molecule has 0 radical (unpaired) electrons. The minimum absolute atomic E-state index is 0. The predicted molar refractivity (Wildman–Crippen MR) is 103 cm³/mol. The number of ether oxygens (including phenoxy) is 1. The van der Waals surface area contributed by atoms with E-state index in [1.165, 1.54) is 16.4 Å². The Morgan fingerprint density at radius 3 is 2.50 bits per heavy atom. The smallest absolute Gasteiger partial charge is 0.251 e. The van der Waals surface area contributed by atoms with Gasteiger partial charge < -0.3 is 15.4 Å². The number of rotatable bonds is 7. The van der Waals surface area contributed by atoms with Crippen molar-refractivity contribution in [3.05, 3.63) is 29.8 Å². The molecule has 148 valence electrons. The minimum Gasteiger partial charge on any atom is -0.373 e. The Morgan fingerprint density at radius 1 is 1.23 bits per heavy atom. The highest BCUT2D eigenvalue weighted by molar-refractivity contribution is 7.89. The Bertz CT molecular complexity index is 689. The lowest BCUT2D eigenvalue weighted by Gasteiger charge is -2.34. The molecule has 1 aromatic rings. The Hall–Kier alpha value is -1.19. The number of nitrogens with zero attached hydrogens (tertiary/aromatic N) is 1. The van der Waals surface area contributed by atoms with Crippen molar-refractivity contribution in [3.63, 3.8) is 0 Å². The van der Waals surface area contributed by atoms with Crippen LogP contribution in [0.1, 0.15) is 31.1 Å². The summed E-state index contributed by atoms with van der Waals surface area (Å²) in [5.74, 6) is -0.279. The number of amides is 1. The fourth-order valence-electron chi connectivity index (χ4n) is 2.82. The summed E-state index contributed by atoms with van der Waals surface area (Å²) in [6, 6.07) is 6.17. The van der Waals surface area contributed by atoms with Crippen molar-refractivity contribution < 1.29 is 17.9 Å². The Balaban J connectivity index is 0.00000338. The Labute approximate surface area is 161 Å². The normalized spacial score (nSPS) is 21.0. The number of hydrogen-bond donors (Lipinski definition) is 2. The number of carbonyl (C=O) groups is 1. The van der Waals surface area contributed by atoms with Crippen LogP contribution < -0.4 is 10.6 Å². The van der Waals surface area contributed by atoms with E-state index in [4.69, 9.17) is 4.74 Å². The summed E-state index contributed by atoms with van der Waals surface area (Å²) >= 11 is 0. The van der Waals surface area contributed by atoms with Gasteiger partial charge in [0.2, 0.25) is 10.0 Å². The fraction of sp³-hybridized carbons (Fsp3) is 0.588. The van der Waals surface area contributed by atoms with Crippen LogP contribution in [0.3, 0.4) is 0 Å². The molecule has 1 heterocycles. The van der Waals surface area contributed by atoms with Crippen molar-refractivity contribution >= 4 is 28.3 Å². The van der Waals surface area contributed by atoms with Gasteiger partial charge in [0.15, 0.2) is 0 Å². The molecule has 26 heavy (non-hydrogen) atoms. The molecule has 1 aliphatic heterocycles. The third kappa shape index (κ3) is 5.92. The van der Waals surface area contributed by atoms with E-state index in [2.05, 4.69) is 10.6 Å². The van der Waals surface area contributed by atoms with Crippen molar-refractivity contribution in [1.82, 2.24) is 14.9 Å². The number of benzene rings is 1. The molecular weight excluding hydrogens is 378 g/mol. The molecule has 2 N–H and O–H groups in total. The maximum atomic E-state index is 12.9. The van der Waals surface area contributed by atoms with Crippen molar-refractivity contribution in [2.45, 2.75) is 37.9 Å². The van der Waals surface area contributed by atoms with E-state index in [1.54, 1.807) is 12.1 Å². The number of sulfonamides is 1. The zero-order chi connectivity index (χ0) is 18.4. The van der Waals surface area contributed by atoms with Crippen molar-refractivity contribution in [2.75, 3.05) is 32.7 Å². The molecule has 9 heteroatoms. The first-order valence-electron chi connectivity index (χ1n) is 8.59. The molecule has 0 bridgehead atoms. The number of carbonyl (C=O) groups excluding carboxylic acids is 1. The first-order chi connectivity index (χ1) is 11.8. The van der Waals surface area contributed by atoms with Crippen LogP contribution in [-0.4, -0.2) is 63.6 Å². The van der Waals surface area contributed by atoms with Gasteiger partial charge in [0, 0.05) is 31.7 Å². The van der Waals surface area contributed by atoms with E-state index >= 15 is 0 Å². The summed E-state index contributed by atoms with van der Waals surface area (Å²) in [4.78, 5) is 12.3. The highest BCUT2D eigenvalue weighted by Crippen LogP contribution is 2.21. The molecule has 2 unspecified atom stereocenters. The van der Waals surface area contributed by atoms with Gasteiger partial charge >= 0.3 is 0 Å². The SMILES string of the molecule is CCNCCNC(=O)c1cccc(S(=O)(=O)N2CC(C)OC(C)C2)c1.Cl. The van der Waals surface area contributed by atoms with Gasteiger partial charge in [-0.25, -0.2) is 8.42 Å². The number of hydrogen-bond acceptors (Lipinski definition) is 5. The summed E-state index contributed by atoms with van der Waals surface area (Å²) in [5, 5.41) is 5.89. The summed E-state index contributed by atoms with van der Waals surface area (Å²) in [6.07, 6.45) is -0.313. The topological polar surface area (TPSA) is 87.7 Å². The third-order valence-corrected chi connectivity index (χ3v) is 5.79. The van der Waals surface area contributed by atoms with E-state index in [9.17, 15) is 13.2 Å². The van der Waals surface area contributed by atoms with Crippen LogP contribution in [0.15, 0.2) is 29.2 Å². The fourth-order valence-corrected chi connectivity index (χ4v) is 4.45.